The van der Waals surface area contributed by atoms with Gasteiger partial charge in [-0.1, -0.05) is 0 Å². The van der Waals surface area contributed by atoms with Gasteiger partial charge in [0.15, 0.2) is 0 Å². The van der Waals surface area contributed by atoms with Crippen LogP contribution >= 0.6 is 0 Å². The Morgan fingerprint density at radius 1 is 1.28 bits per heavy atom. The third-order valence-corrected chi connectivity index (χ3v) is 2.62. The summed E-state index contributed by atoms with van der Waals surface area (Å²) < 4.78 is 13.0. The van der Waals surface area contributed by atoms with Gasteiger partial charge in [0.25, 0.3) is 0 Å². The summed E-state index contributed by atoms with van der Waals surface area (Å²) in [6.07, 6.45) is 2.83. The zero-order chi connectivity index (χ0) is 13.0. The molecule has 0 aliphatic carbocycles. The van der Waals surface area contributed by atoms with Gasteiger partial charge in [0, 0.05) is 25.5 Å². The number of halogens is 1. The lowest BCUT2D eigenvalue weighted by Gasteiger charge is -2.19. The molecule has 0 aliphatic heterocycles. The summed E-state index contributed by atoms with van der Waals surface area (Å²) in [6.45, 7) is 0.566. The molecule has 0 bridgehead atoms. The molecule has 0 saturated carbocycles. The quantitative estimate of drug-likeness (QED) is 0.829. The first kappa shape index (κ1) is 12.1. The fourth-order valence-electron chi connectivity index (χ4n) is 1.70. The van der Waals surface area contributed by atoms with E-state index in [2.05, 4.69) is 11.1 Å². The van der Waals surface area contributed by atoms with Gasteiger partial charge in [-0.25, -0.2) is 4.39 Å². The van der Waals surface area contributed by atoms with E-state index in [-0.39, 0.29) is 5.82 Å². The number of hydrogen-bond acceptors (Lipinski definition) is 3. The minimum Gasteiger partial charge on any atom is -0.370 e. The Hall–Kier alpha value is -2.41. The maximum absolute atomic E-state index is 13.0. The first-order valence-electron chi connectivity index (χ1n) is 5.50. The van der Waals surface area contributed by atoms with Gasteiger partial charge in [-0.05, 0) is 35.9 Å². The van der Waals surface area contributed by atoms with E-state index in [9.17, 15) is 4.39 Å². The van der Waals surface area contributed by atoms with Crippen molar-refractivity contribution >= 4 is 5.69 Å². The lowest BCUT2D eigenvalue weighted by Crippen LogP contribution is -2.16. The summed E-state index contributed by atoms with van der Waals surface area (Å²) in [6, 6.07) is 10.8. The van der Waals surface area contributed by atoms with Crippen LogP contribution in [0.3, 0.4) is 0 Å². The smallest absolute Gasteiger partial charge is 0.141 e. The average Bonchev–Trinajstić information content (AvgIpc) is 2.39. The Balaban J connectivity index is 2.12. The first-order valence-corrected chi connectivity index (χ1v) is 5.50. The average molecular weight is 241 g/mol. The zero-order valence-corrected chi connectivity index (χ0v) is 9.97. The number of rotatable bonds is 3. The molecule has 0 unspecified atom stereocenters. The van der Waals surface area contributed by atoms with E-state index in [1.54, 1.807) is 18.3 Å². The van der Waals surface area contributed by atoms with Crippen molar-refractivity contribution in [1.29, 1.82) is 5.26 Å². The zero-order valence-electron chi connectivity index (χ0n) is 9.97. The number of benzene rings is 1. The number of nitrogens with zero attached hydrogens (tertiary/aromatic N) is 3. The molecule has 2 rings (SSSR count). The van der Waals surface area contributed by atoms with Crippen LogP contribution in [-0.4, -0.2) is 12.0 Å². The second-order valence-electron chi connectivity index (χ2n) is 4.03. The predicted octanol–water partition coefficient (Wildman–Crippen LogP) is 2.73. The van der Waals surface area contributed by atoms with E-state index in [0.717, 1.165) is 11.3 Å². The molecule has 0 radical (unpaired) electrons. The summed E-state index contributed by atoms with van der Waals surface area (Å²) in [7, 11) is 1.91. The van der Waals surface area contributed by atoms with Crippen LogP contribution in [0.4, 0.5) is 10.1 Å². The van der Waals surface area contributed by atoms with E-state index >= 15 is 0 Å². The Morgan fingerprint density at radius 2 is 2.00 bits per heavy atom. The standard InChI is InChI=1S/C14H12FN3/c1-18(10-12-6-13(15)9-17-8-12)14-4-2-11(7-16)3-5-14/h2-6,8-9H,10H2,1H3. The van der Waals surface area contributed by atoms with E-state index < -0.39 is 0 Å². The minimum absolute atomic E-state index is 0.333. The van der Waals surface area contributed by atoms with Crippen molar-refractivity contribution in [2.45, 2.75) is 6.54 Å². The molecule has 1 heterocycles. The molecule has 4 heteroatoms. The van der Waals surface area contributed by atoms with Crippen molar-refractivity contribution in [3.05, 3.63) is 59.7 Å². The topological polar surface area (TPSA) is 39.9 Å². The second-order valence-corrected chi connectivity index (χ2v) is 4.03. The molecule has 0 saturated heterocycles. The molecule has 3 nitrogen and oxygen atoms in total. The highest BCUT2D eigenvalue weighted by Crippen LogP contribution is 2.16. The van der Waals surface area contributed by atoms with Crippen LogP contribution in [-0.2, 0) is 6.54 Å². The molecular weight excluding hydrogens is 229 g/mol. The monoisotopic (exact) mass is 241 g/mol. The summed E-state index contributed by atoms with van der Waals surface area (Å²) in [5.41, 5.74) is 2.40. The third kappa shape index (κ3) is 2.83. The lowest BCUT2D eigenvalue weighted by atomic mass is 10.2. The fourth-order valence-corrected chi connectivity index (χ4v) is 1.70. The SMILES string of the molecule is CN(Cc1cncc(F)c1)c1ccc(C#N)cc1. The van der Waals surface area contributed by atoms with Crippen molar-refractivity contribution in [2.24, 2.45) is 0 Å². The van der Waals surface area contributed by atoms with Crippen LogP contribution < -0.4 is 4.90 Å². The molecule has 1 aromatic heterocycles. The number of anilines is 1. The summed E-state index contributed by atoms with van der Waals surface area (Å²) in [4.78, 5) is 5.78. The summed E-state index contributed by atoms with van der Waals surface area (Å²) in [5, 5.41) is 8.72. The molecule has 0 aliphatic rings. The molecule has 0 atom stereocenters. The largest absolute Gasteiger partial charge is 0.370 e. The van der Waals surface area contributed by atoms with Gasteiger partial charge in [0.1, 0.15) is 5.82 Å². The second kappa shape index (κ2) is 5.28. The van der Waals surface area contributed by atoms with Crippen LogP contribution in [0, 0.1) is 17.1 Å². The molecular formula is C14H12FN3. The normalized spacial score (nSPS) is 9.83. The van der Waals surface area contributed by atoms with Gasteiger partial charge in [-0.2, -0.15) is 5.26 Å². The Labute approximate surface area is 105 Å². The van der Waals surface area contributed by atoms with Gasteiger partial charge >= 0.3 is 0 Å². The Kier molecular flexibility index (Phi) is 3.54. The molecule has 90 valence electrons. The van der Waals surface area contributed by atoms with Crippen LogP contribution in [0.1, 0.15) is 11.1 Å². The van der Waals surface area contributed by atoms with Gasteiger partial charge in [-0.3, -0.25) is 4.98 Å². The molecule has 1 aromatic carbocycles. The molecule has 18 heavy (non-hydrogen) atoms. The van der Waals surface area contributed by atoms with Crippen molar-refractivity contribution in [3.8, 4) is 6.07 Å². The van der Waals surface area contributed by atoms with E-state index in [0.29, 0.717) is 12.1 Å². The summed E-state index contributed by atoms with van der Waals surface area (Å²) >= 11 is 0. The number of aromatic nitrogens is 1. The van der Waals surface area contributed by atoms with Crippen molar-refractivity contribution in [3.63, 3.8) is 0 Å². The van der Waals surface area contributed by atoms with Gasteiger partial charge in [-0.15, -0.1) is 0 Å². The highest BCUT2D eigenvalue weighted by atomic mass is 19.1. The van der Waals surface area contributed by atoms with E-state index in [1.165, 1.54) is 12.3 Å². The highest BCUT2D eigenvalue weighted by Gasteiger charge is 2.03. The van der Waals surface area contributed by atoms with Crippen LogP contribution in [0.5, 0.6) is 0 Å². The highest BCUT2D eigenvalue weighted by molar-refractivity contribution is 5.49. The fraction of sp³-hybridized carbons (Fsp3) is 0.143. The Bertz CT molecular complexity index is 572. The lowest BCUT2D eigenvalue weighted by molar-refractivity contribution is 0.618. The first-order chi connectivity index (χ1) is 8.69. The van der Waals surface area contributed by atoms with Crippen molar-refractivity contribution in [1.82, 2.24) is 4.98 Å². The van der Waals surface area contributed by atoms with Crippen molar-refractivity contribution < 1.29 is 4.39 Å². The van der Waals surface area contributed by atoms with Gasteiger partial charge in [0.2, 0.25) is 0 Å². The number of pyridine rings is 1. The predicted molar refractivity (Wildman–Crippen MR) is 67.5 cm³/mol. The molecule has 0 amide bonds. The van der Waals surface area contributed by atoms with Crippen molar-refractivity contribution in [2.75, 3.05) is 11.9 Å². The molecule has 0 N–H and O–H groups in total. The van der Waals surface area contributed by atoms with Crippen LogP contribution in [0.15, 0.2) is 42.7 Å². The third-order valence-electron chi connectivity index (χ3n) is 2.62. The molecule has 0 spiro atoms. The molecule has 2 aromatic rings. The van der Waals surface area contributed by atoms with E-state index in [1.807, 2.05) is 24.1 Å². The van der Waals surface area contributed by atoms with E-state index in [4.69, 9.17) is 5.26 Å². The summed E-state index contributed by atoms with van der Waals surface area (Å²) in [5.74, 6) is -0.333. The van der Waals surface area contributed by atoms with Gasteiger partial charge < -0.3 is 4.90 Å². The number of nitriles is 1. The maximum Gasteiger partial charge on any atom is 0.141 e. The molecule has 0 fully saturated rings. The number of hydrogen-bond donors (Lipinski definition) is 0. The Morgan fingerprint density at radius 3 is 2.61 bits per heavy atom. The van der Waals surface area contributed by atoms with Crippen LogP contribution in [0.2, 0.25) is 0 Å². The minimum atomic E-state index is -0.333. The van der Waals surface area contributed by atoms with Crippen LogP contribution in [0.25, 0.3) is 0 Å². The maximum atomic E-state index is 13.0. The van der Waals surface area contributed by atoms with Gasteiger partial charge in [0.05, 0.1) is 17.8 Å².